The molecular weight excluding hydrogens is 166 g/mol. The lowest BCUT2D eigenvalue weighted by Crippen LogP contribution is -2.06. The van der Waals surface area contributed by atoms with E-state index in [4.69, 9.17) is 15.7 Å². The number of aromatic nitrogens is 1. The van der Waals surface area contributed by atoms with Crippen molar-refractivity contribution in [2.75, 3.05) is 13.2 Å². The SMILES string of the molecule is N#Cc1ccc(OCCCN)cn1. The van der Waals surface area contributed by atoms with Gasteiger partial charge in [-0.15, -0.1) is 0 Å². The van der Waals surface area contributed by atoms with Gasteiger partial charge in [-0.2, -0.15) is 5.26 Å². The maximum atomic E-state index is 8.47. The number of ether oxygens (including phenoxy) is 1. The van der Waals surface area contributed by atoms with Crippen LogP contribution < -0.4 is 10.5 Å². The van der Waals surface area contributed by atoms with E-state index in [0.29, 0.717) is 24.6 Å². The van der Waals surface area contributed by atoms with Crippen LogP contribution in [0.5, 0.6) is 5.75 Å². The molecule has 1 heterocycles. The molecule has 4 nitrogen and oxygen atoms in total. The minimum atomic E-state index is 0.395. The lowest BCUT2D eigenvalue weighted by atomic mass is 10.3. The van der Waals surface area contributed by atoms with E-state index in [1.165, 1.54) is 6.20 Å². The van der Waals surface area contributed by atoms with Crippen LogP contribution in [-0.4, -0.2) is 18.1 Å². The van der Waals surface area contributed by atoms with Gasteiger partial charge in [0.1, 0.15) is 17.5 Å². The highest BCUT2D eigenvalue weighted by Gasteiger charge is 1.94. The van der Waals surface area contributed by atoms with Crippen molar-refractivity contribution < 1.29 is 4.74 Å². The van der Waals surface area contributed by atoms with E-state index in [2.05, 4.69) is 4.98 Å². The Morgan fingerprint density at radius 2 is 2.38 bits per heavy atom. The molecule has 0 spiro atoms. The van der Waals surface area contributed by atoms with Crippen LogP contribution in [0.2, 0.25) is 0 Å². The highest BCUT2D eigenvalue weighted by atomic mass is 16.5. The fourth-order valence-electron chi connectivity index (χ4n) is 0.805. The normalized spacial score (nSPS) is 9.23. The van der Waals surface area contributed by atoms with E-state index in [1.54, 1.807) is 12.1 Å². The Hall–Kier alpha value is -1.60. The molecule has 1 aromatic rings. The van der Waals surface area contributed by atoms with Gasteiger partial charge in [-0.25, -0.2) is 4.98 Å². The maximum Gasteiger partial charge on any atom is 0.140 e. The summed E-state index contributed by atoms with van der Waals surface area (Å²) in [6, 6.07) is 5.28. The average molecular weight is 177 g/mol. The standard InChI is InChI=1S/C9H11N3O/c10-4-1-5-13-9-3-2-8(6-11)12-7-9/h2-3,7H,1,4-5,10H2. The molecule has 1 rings (SSSR count). The lowest BCUT2D eigenvalue weighted by molar-refractivity contribution is 0.312. The molecule has 0 radical (unpaired) electrons. The first-order valence-electron chi connectivity index (χ1n) is 4.06. The smallest absolute Gasteiger partial charge is 0.140 e. The van der Waals surface area contributed by atoms with Gasteiger partial charge >= 0.3 is 0 Å². The second-order valence-electron chi connectivity index (χ2n) is 2.48. The van der Waals surface area contributed by atoms with Crippen molar-refractivity contribution >= 4 is 0 Å². The van der Waals surface area contributed by atoms with E-state index in [-0.39, 0.29) is 0 Å². The zero-order chi connectivity index (χ0) is 9.52. The third kappa shape index (κ3) is 3.09. The maximum absolute atomic E-state index is 8.47. The highest BCUT2D eigenvalue weighted by Crippen LogP contribution is 2.08. The Morgan fingerprint density at radius 3 is 2.92 bits per heavy atom. The molecule has 1 aromatic heterocycles. The minimum absolute atomic E-state index is 0.395. The molecule has 0 amide bonds. The fourth-order valence-corrected chi connectivity index (χ4v) is 0.805. The first kappa shape index (κ1) is 9.49. The molecule has 0 aliphatic heterocycles. The number of pyridine rings is 1. The number of nitrogens with two attached hydrogens (primary N) is 1. The first-order chi connectivity index (χ1) is 6.36. The Bertz CT molecular complexity index is 289. The molecule has 13 heavy (non-hydrogen) atoms. The van der Waals surface area contributed by atoms with Gasteiger partial charge in [-0.1, -0.05) is 0 Å². The predicted octanol–water partition coefficient (Wildman–Crippen LogP) is 0.681. The molecule has 0 saturated carbocycles. The van der Waals surface area contributed by atoms with E-state index < -0.39 is 0 Å². The van der Waals surface area contributed by atoms with Crippen LogP contribution in [0.3, 0.4) is 0 Å². The van der Waals surface area contributed by atoms with Crippen molar-refractivity contribution in [2.45, 2.75) is 6.42 Å². The summed E-state index contributed by atoms with van der Waals surface area (Å²) < 4.78 is 5.29. The van der Waals surface area contributed by atoms with Gasteiger partial charge in [0, 0.05) is 0 Å². The van der Waals surface area contributed by atoms with E-state index in [0.717, 1.165) is 6.42 Å². The number of nitriles is 1. The number of rotatable bonds is 4. The zero-order valence-corrected chi connectivity index (χ0v) is 7.23. The molecule has 0 saturated heterocycles. The Kier molecular flexibility index (Phi) is 3.74. The summed E-state index contributed by atoms with van der Waals surface area (Å²) in [5, 5.41) is 8.47. The van der Waals surface area contributed by atoms with Crippen LogP contribution in [0.25, 0.3) is 0 Å². The third-order valence-corrected chi connectivity index (χ3v) is 1.47. The zero-order valence-electron chi connectivity index (χ0n) is 7.23. The van der Waals surface area contributed by atoms with Gasteiger partial charge in [0.25, 0.3) is 0 Å². The summed E-state index contributed by atoms with van der Waals surface area (Å²) >= 11 is 0. The number of hydrogen-bond donors (Lipinski definition) is 1. The summed E-state index contributed by atoms with van der Waals surface area (Å²) in [6.45, 7) is 1.20. The fraction of sp³-hybridized carbons (Fsp3) is 0.333. The summed E-state index contributed by atoms with van der Waals surface area (Å²) in [5.74, 6) is 0.674. The topological polar surface area (TPSA) is 71.9 Å². The summed E-state index contributed by atoms with van der Waals surface area (Å²) in [7, 11) is 0. The molecular formula is C9H11N3O. The molecule has 0 aliphatic carbocycles. The highest BCUT2D eigenvalue weighted by molar-refractivity contribution is 5.26. The molecule has 0 bridgehead atoms. The summed E-state index contributed by atoms with van der Waals surface area (Å²) in [4.78, 5) is 3.86. The Labute approximate surface area is 77.0 Å². The van der Waals surface area contributed by atoms with E-state index >= 15 is 0 Å². The molecule has 0 aliphatic rings. The van der Waals surface area contributed by atoms with Gasteiger partial charge in [-0.05, 0) is 25.1 Å². The van der Waals surface area contributed by atoms with Gasteiger partial charge in [0.2, 0.25) is 0 Å². The molecule has 0 aromatic carbocycles. The van der Waals surface area contributed by atoms with Crippen LogP contribution in [0.1, 0.15) is 12.1 Å². The summed E-state index contributed by atoms with van der Waals surface area (Å²) in [5.41, 5.74) is 5.69. The second kappa shape index (κ2) is 5.12. The van der Waals surface area contributed by atoms with Gasteiger partial charge < -0.3 is 10.5 Å². The molecule has 2 N–H and O–H groups in total. The second-order valence-corrected chi connectivity index (χ2v) is 2.48. The van der Waals surface area contributed by atoms with Crippen LogP contribution in [0.4, 0.5) is 0 Å². The van der Waals surface area contributed by atoms with Crippen molar-refractivity contribution in [3.05, 3.63) is 24.0 Å². The van der Waals surface area contributed by atoms with Crippen LogP contribution in [-0.2, 0) is 0 Å². The number of hydrogen-bond acceptors (Lipinski definition) is 4. The van der Waals surface area contributed by atoms with E-state index in [1.807, 2.05) is 6.07 Å². The largest absolute Gasteiger partial charge is 0.492 e. The van der Waals surface area contributed by atoms with Gasteiger partial charge in [-0.3, -0.25) is 0 Å². The molecule has 0 atom stereocenters. The minimum Gasteiger partial charge on any atom is -0.492 e. The third-order valence-electron chi connectivity index (χ3n) is 1.47. The van der Waals surface area contributed by atoms with Crippen LogP contribution in [0, 0.1) is 11.3 Å². The van der Waals surface area contributed by atoms with Gasteiger partial charge in [0.05, 0.1) is 12.8 Å². The number of nitrogens with zero attached hydrogens (tertiary/aromatic N) is 2. The van der Waals surface area contributed by atoms with Crippen LogP contribution in [0.15, 0.2) is 18.3 Å². The van der Waals surface area contributed by atoms with Crippen molar-refractivity contribution in [3.63, 3.8) is 0 Å². The molecule has 0 unspecified atom stereocenters. The van der Waals surface area contributed by atoms with Gasteiger partial charge in [0.15, 0.2) is 0 Å². The Balaban J connectivity index is 2.46. The average Bonchev–Trinajstić information content (AvgIpc) is 2.19. The van der Waals surface area contributed by atoms with E-state index in [9.17, 15) is 0 Å². The molecule has 4 heteroatoms. The predicted molar refractivity (Wildman–Crippen MR) is 48.1 cm³/mol. The molecule has 68 valence electrons. The van der Waals surface area contributed by atoms with Crippen molar-refractivity contribution in [2.24, 2.45) is 5.73 Å². The quantitative estimate of drug-likeness (QED) is 0.686. The van der Waals surface area contributed by atoms with Crippen molar-refractivity contribution in [3.8, 4) is 11.8 Å². The molecule has 0 fully saturated rings. The Morgan fingerprint density at radius 1 is 1.54 bits per heavy atom. The first-order valence-corrected chi connectivity index (χ1v) is 4.06. The monoisotopic (exact) mass is 177 g/mol. The van der Waals surface area contributed by atoms with Crippen molar-refractivity contribution in [1.82, 2.24) is 4.98 Å². The lowest BCUT2D eigenvalue weighted by Gasteiger charge is -2.03. The van der Waals surface area contributed by atoms with Crippen molar-refractivity contribution in [1.29, 1.82) is 5.26 Å². The summed E-state index contributed by atoms with van der Waals surface area (Å²) in [6.07, 6.45) is 2.36. The van der Waals surface area contributed by atoms with Crippen LogP contribution >= 0.6 is 0 Å².